The van der Waals surface area contributed by atoms with E-state index in [0.717, 1.165) is 51.1 Å². The number of primary sulfonamides is 1. The number of nitrogens with zero attached hydrogens (tertiary/aromatic N) is 2. The Morgan fingerprint density at radius 2 is 1.60 bits per heavy atom. The smallest absolute Gasteiger partial charge is 0.490 e. The van der Waals surface area contributed by atoms with Gasteiger partial charge in [-0.15, -0.1) is 0 Å². The molecule has 4 rings (SSSR count). The van der Waals surface area contributed by atoms with Crippen molar-refractivity contribution in [3.8, 4) is 5.75 Å². The van der Waals surface area contributed by atoms with Crippen molar-refractivity contribution in [2.45, 2.75) is 57.1 Å². The third-order valence-corrected chi connectivity index (χ3v) is 9.09. The average molecular weight is 648 g/mol. The third kappa shape index (κ3) is 9.82. The van der Waals surface area contributed by atoms with Crippen LogP contribution in [0.1, 0.15) is 55.5 Å². The highest BCUT2D eigenvalue weighted by atomic mass is 35.5. The molecule has 2 aliphatic heterocycles. The number of carboxylic acids is 1. The van der Waals surface area contributed by atoms with Crippen LogP contribution in [-0.2, 0) is 21.4 Å². The first-order valence-corrected chi connectivity index (χ1v) is 15.8. The number of benzene rings is 2. The molecule has 0 radical (unpaired) electrons. The number of sulfonamides is 1. The van der Waals surface area contributed by atoms with Gasteiger partial charge >= 0.3 is 12.1 Å². The normalized spacial score (nSPS) is 17.3. The van der Waals surface area contributed by atoms with E-state index in [0.29, 0.717) is 31.2 Å². The van der Waals surface area contributed by atoms with Crippen LogP contribution in [-0.4, -0.2) is 74.2 Å². The van der Waals surface area contributed by atoms with Gasteiger partial charge in [0.2, 0.25) is 10.0 Å². The Bertz CT molecular complexity index is 1390. The number of amides is 1. The molecule has 2 aromatic carbocycles. The summed E-state index contributed by atoms with van der Waals surface area (Å²) >= 11 is 5.97. The second-order valence-electron chi connectivity index (χ2n) is 11.4. The first-order chi connectivity index (χ1) is 20.0. The fourth-order valence-corrected chi connectivity index (χ4v) is 6.25. The van der Waals surface area contributed by atoms with Crippen LogP contribution in [0.5, 0.6) is 5.75 Å². The summed E-state index contributed by atoms with van der Waals surface area (Å²) in [4.78, 5) is 26.1. The quantitative estimate of drug-likeness (QED) is 0.424. The minimum Gasteiger partial charge on any atom is -0.493 e. The molecule has 0 saturated carbocycles. The number of alkyl halides is 3. The van der Waals surface area contributed by atoms with Crippen molar-refractivity contribution < 1.29 is 41.0 Å². The number of ether oxygens (including phenoxy) is 1. The Balaban J connectivity index is 0.000000646. The minimum absolute atomic E-state index is 0.0208. The molecule has 43 heavy (non-hydrogen) atoms. The van der Waals surface area contributed by atoms with E-state index in [-0.39, 0.29) is 21.2 Å². The number of halogens is 4. The Morgan fingerprint density at radius 1 is 1.05 bits per heavy atom. The van der Waals surface area contributed by atoms with Crippen LogP contribution in [0.25, 0.3) is 0 Å². The first kappa shape index (κ1) is 34.6. The fourth-order valence-electron chi connectivity index (χ4n) is 5.18. The number of piperidine rings is 2. The van der Waals surface area contributed by atoms with Crippen LogP contribution in [0.4, 0.5) is 13.2 Å². The van der Waals surface area contributed by atoms with Gasteiger partial charge in [0.1, 0.15) is 10.6 Å². The van der Waals surface area contributed by atoms with Gasteiger partial charge in [-0.1, -0.05) is 43.6 Å². The van der Waals surface area contributed by atoms with Gasteiger partial charge in [-0.2, -0.15) is 13.2 Å². The molecule has 0 atom stereocenters. The van der Waals surface area contributed by atoms with E-state index in [4.69, 9.17) is 31.4 Å². The molecular formula is C29H37ClF3N3O6S. The Hall–Kier alpha value is -2.87. The highest BCUT2D eigenvalue weighted by molar-refractivity contribution is 7.89. The Labute approximate surface area is 254 Å². The van der Waals surface area contributed by atoms with E-state index in [1.165, 1.54) is 17.7 Å². The maximum atomic E-state index is 13.1. The van der Waals surface area contributed by atoms with Crippen molar-refractivity contribution in [3.63, 3.8) is 0 Å². The van der Waals surface area contributed by atoms with E-state index in [1.54, 1.807) is 6.07 Å². The highest BCUT2D eigenvalue weighted by Gasteiger charge is 2.39. The SMILES string of the molecule is CC(C)COc1ccccc1CN1CCC2(CC1)CCN(C(=O)c1ccc(Cl)c(S(N)(=O)=O)c1)CC2.O=C(O)C(F)(F)F. The maximum Gasteiger partial charge on any atom is 0.490 e. The molecule has 0 unspecified atom stereocenters. The maximum absolute atomic E-state index is 13.1. The third-order valence-electron chi connectivity index (χ3n) is 7.69. The van der Waals surface area contributed by atoms with Gasteiger partial charge in [-0.25, -0.2) is 18.4 Å². The van der Waals surface area contributed by atoms with Crippen LogP contribution in [0, 0.1) is 11.3 Å². The van der Waals surface area contributed by atoms with Gasteiger partial charge in [-0.3, -0.25) is 9.69 Å². The lowest BCUT2D eigenvalue weighted by Crippen LogP contribution is -2.48. The van der Waals surface area contributed by atoms with Crippen molar-refractivity contribution in [2.75, 3.05) is 32.8 Å². The van der Waals surface area contributed by atoms with Gasteiger partial charge < -0.3 is 14.7 Å². The molecular weight excluding hydrogens is 611 g/mol. The van der Waals surface area contributed by atoms with Crippen molar-refractivity contribution in [3.05, 3.63) is 58.6 Å². The zero-order chi connectivity index (χ0) is 32.0. The number of aliphatic carboxylic acids is 1. The summed E-state index contributed by atoms with van der Waals surface area (Å²) in [7, 11) is -4.00. The Kier molecular flexibility index (Phi) is 11.5. The van der Waals surface area contributed by atoms with E-state index in [9.17, 15) is 26.4 Å². The molecule has 2 aromatic rings. The molecule has 2 fully saturated rings. The van der Waals surface area contributed by atoms with Crippen molar-refractivity contribution in [2.24, 2.45) is 16.5 Å². The molecule has 9 nitrogen and oxygen atoms in total. The molecule has 14 heteroatoms. The highest BCUT2D eigenvalue weighted by Crippen LogP contribution is 2.42. The molecule has 1 amide bonds. The lowest BCUT2D eigenvalue weighted by molar-refractivity contribution is -0.192. The number of hydrogen-bond donors (Lipinski definition) is 2. The fraction of sp³-hybridized carbons (Fsp3) is 0.517. The average Bonchev–Trinajstić information content (AvgIpc) is 2.93. The zero-order valence-electron chi connectivity index (χ0n) is 24.1. The largest absolute Gasteiger partial charge is 0.493 e. The predicted molar refractivity (Wildman–Crippen MR) is 155 cm³/mol. The van der Waals surface area contributed by atoms with Gasteiger partial charge in [0.15, 0.2) is 0 Å². The standard InChI is InChI=1S/C27H36ClN3O4S.C2HF3O2/c1-20(2)19-35-24-6-4-3-5-22(24)18-30-13-9-27(10-14-30)11-15-31(16-12-27)26(32)21-7-8-23(28)25(17-21)36(29,33)34;3-2(4,5)1(6)7/h3-8,17,20H,9-16,18-19H2,1-2H3,(H2,29,33,34);(H,6,7). The molecule has 0 bridgehead atoms. The van der Waals surface area contributed by atoms with Crippen LogP contribution in [0.2, 0.25) is 5.02 Å². The van der Waals surface area contributed by atoms with Crippen LogP contribution < -0.4 is 9.88 Å². The molecule has 0 aromatic heterocycles. The number of nitrogens with two attached hydrogens (primary N) is 1. The number of hydrogen-bond acceptors (Lipinski definition) is 6. The zero-order valence-corrected chi connectivity index (χ0v) is 25.6. The summed E-state index contributed by atoms with van der Waals surface area (Å²) in [6.45, 7) is 9.30. The van der Waals surface area contributed by atoms with Crippen molar-refractivity contribution in [1.82, 2.24) is 9.80 Å². The summed E-state index contributed by atoms with van der Waals surface area (Å²) in [5.41, 5.74) is 1.79. The van der Waals surface area contributed by atoms with Gasteiger partial charge in [0, 0.05) is 30.8 Å². The molecule has 0 aliphatic carbocycles. The molecule has 238 valence electrons. The summed E-state index contributed by atoms with van der Waals surface area (Å²) in [5, 5.41) is 12.4. The number of para-hydroxylation sites is 1. The van der Waals surface area contributed by atoms with Gasteiger partial charge in [-0.05, 0) is 74.4 Å². The Morgan fingerprint density at radius 3 is 2.14 bits per heavy atom. The summed E-state index contributed by atoms with van der Waals surface area (Å²) in [5.74, 6) is -1.47. The lowest BCUT2D eigenvalue weighted by Gasteiger charge is -2.47. The van der Waals surface area contributed by atoms with Crippen LogP contribution >= 0.6 is 11.6 Å². The number of carboxylic acid groups (broad SMARTS) is 1. The second kappa shape index (κ2) is 14.3. The van der Waals surface area contributed by atoms with Crippen LogP contribution in [0.3, 0.4) is 0 Å². The minimum atomic E-state index is -5.08. The number of likely N-dealkylation sites (tertiary alicyclic amines) is 2. The van der Waals surface area contributed by atoms with E-state index < -0.39 is 22.2 Å². The second-order valence-corrected chi connectivity index (χ2v) is 13.3. The lowest BCUT2D eigenvalue weighted by atomic mass is 9.71. The van der Waals surface area contributed by atoms with Crippen molar-refractivity contribution >= 4 is 33.5 Å². The first-order valence-electron chi connectivity index (χ1n) is 13.9. The van der Waals surface area contributed by atoms with Gasteiger partial charge in [0.25, 0.3) is 5.91 Å². The number of rotatable bonds is 7. The number of carbonyl (C=O) groups excluding carboxylic acids is 1. The number of carbonyl (C=O) groups is 2. The molecule has 2 heterocycles. The molecule has 2 saturated heterocycles. The summed E-state index contributed by atoms with van der Waals surface area (Å²) < 4.78 is 61.3. The monoisotopic (exact) mass is 647 g/mol. The topological polar surface area (TPSA) is 130 Å². The molecule has 3 N–H and O–H groups in total. The molecule has 1 spiro atoms. The van der Waals surface area contributed by atoms with E-state index >= 15 is 0 Å². The predicted octanol–water partition coefficient (Wildman–Crippen LogP) is 5.17. The summed E-state index contributed by atoms with van der Waals surface area (Å²) in [6, 6.07) is 12.6. The van der Waals surface area contributed by atoms with Crippen molar-refractivity contribution in [1.29, 1.82) is 0 Å². The summed E-state index contributed by atoms with van der Waals surface area (Å²) in [6.07, 6.45) is -0.951. The molecule has 2 aliphatic rings. The van der Waals surface area contributed by atoms with E-state index in [2.05, 4.69) is 36.9 Å². The van der Waals surface area contributed by atoms with Gasteiger partial charge in [0.05, 0.1) is 11.6 Å². The van der Waals surface area contributed by atoms with Crippen LogP contribution in [0.15, 0.2) is 47.4 Å². The van der Waals surface area contributed by atoms with E-state index in [1.807, 2.05) is 11.0 Å².